The molecule has 4 atom stereocenters. The Morgan fingerprint density at radius 1 is 1.05 bits per heavy atom. The molecule has 0 unspecified atom stereocenters. The minimum Gasteiger partial charge on any atom is -0.449 e. The van der Waals surface area contributed by atoms with Gasteiger partial charge in [0.05, 0.1) is 48.6 Å². The van der Waals surface area contributed by atoms with Gasteiger partial charge >= 0.3 is 6.16 Å². The Hall–Kier alpha value is -2.84. The van der Waals surface area contributed by atoms with Gasteiger partial charge in [-0.25, -0.2) is 13.6 Å². The van der Waals surface area contributed by atoms with Crippen LogP contribution in [0.4, 0.5) is 19.3 Å². The number of hydrogen-bond donors (Lipinski definition) is 4. The van der Waals surface area contributed by atoms with Crippen LogP contribution in [0.2, 0.25) is 0 Å². The van der Waals surface area contributed by atoms with Crippen molar-refractivity contribution in [1.82, 2.24) is 20.5 Å². The van der Waals surface area contributed by atoms with Crippen molar-refractivity contribution in [2.75, 3.05) is 57.4 Å². The topological polar surface area (TPSA) is 126 Å². The van der Waals surface area contributed by atoms with Gasteiger partial charge in [-0.3, -0.25) is 4.79 Å². The second-order valence-corrected chi connectivity index (χ2v) is 10.2. The Bertz CT molecular complexity index is 1260. The lowest BCUT2D eigenvalue weighted by atomic mass is 10.1. The van der Waals surface area contributed by atoms with Gasteiger partial charge in [-0.15, -0.1) is 0 Å². The fourth-order valence-corrected chi connectivity index (χ4v) is 5.77. The van der Waals surface area contributed by atoms with E-state index in [1.165, 1.54) is 10.8 Å². The molecule has 7 rings (SSSR count). The van der Waals surface area contributed by atoms with Crippen LogP contribution in [0.15, 0.2) is 17.1 Å². The lowest BCUT2D eigenvalue weighted by Crippen LogP contribution is -2.47. The monoisotopic (exact) mass is 535 g/mol. The predicted molar refractivity (Wildman–Crippen MR) is 133 cm³/mol. The number of carbonyl (C=O) groups is 1. The summed E-state index contributed by atoms with van der Waals surface area (Å²) >= 11 is 0. The molecular weight excluding hydrogens is 504 g/mol. The molecule has 11 nitrogen and oxygen atoms in total. The molecule has 5 fully saturated rings. The Labute approximate surface area is 217 Å². The maximum atomic E-state index is 15.6. The highest BCUT2D eigenvalue weighted by Gasteiger charge is 2.39. The van der Waals surface area contributed by atoms with E-state index < -0.39 is 29.0 Å². The number of benzene rings is 1. The molecule has 1 aliphatic carbocycles. The summed E-state index contributed by atoms with van der Waals surface area (Å²) in [6.45, 7) is 5.95. The largest absolute Gasteiger partial charge is 0.511 e. The molecule has 38 heavy (non-hydrogen) atoms. The first-order valence-corrected chi connectivity index (χ1v) is 13.0. The second kappa shape index (κ2) is 10.4. The molecule has 1 aromatic heterocycles. The van der Waals surface area contributed by atoms with Crippen LogP contribution >= 0.6 is 0 Å². The average molecular weight is 536 g/mol. The number of anilines is 1. The molecule has 2 aromatic rings. The Morgan fingerprint density at radius 3 is 2.47 bits per heavy atom. The smallest absolute Gasteiger partial charge is 0.449 e. The van der Waals surface area contributed by atoms with Crippen molar-refractivity contribution in [1.29, 1.82) is 0 Å². The predicted octanol–water partition coefficient (Wildman–Crippen LogP) is 0.795. The van der Waals surface area contributed by atoms with Crippen molar-refractivity contribution >= 4 is 22.7 Å². The highest BCUT2D eigenvalue weighted by atomic mass is 19.1. The molecule has 1 saturated carbocycles. The van der Waals surface area contributed by atoms with Gasteiger partial charge in [-0.1, -0.05) is 0 Å². The molecule has 1 aromatic carbocycles. The number of rotatable bonds is 3. The summed E-state index contributed by atoms with van der Waals surface area (Å²) in [5.41, 5.74) is -1.09. The van der Waals surface area contributed by atoms with Crippen molar-refractivity contribution in [3.63, 3.8) is 0 Å². The zero-order valence-electron chi connectivity index (χ0n) is 20.8. The van der Waals surface area contributed by atoms with Crippen LogP contribution in [0, 0.1) is 11.6 Å². The average Bonchev–Trinajstić information content (AvgIpc) is 3.47. The number of aromatic nitrogens is 1. The van der Waals surface area contributed by atoms with Crippen molar-refractivity contribution < 1.29 is 32.9 Å². The van der Waals surface area contributed by atoms with E-state index in [1.54, 1.807) is 4.90 Å². The van der Waals surface area contributed by atoms with Crippen LogP contribution in [0.5, 0.6) is 5.75 Å². The molecular formula is C25H31F2N5O6. The minimum atomic E-state index is -1.66. The number of halogens is 2. The summed E-state index contributed by atoms with van der Waals surface area (Å²) in [7, 11) is 0. The van der Waals surface area contributed by atoms with E-state index in [0.717, 1.165) is 45.1 Å². The highest BCUT2D eigenvalue weighted by Crippen LogP contribution is 2.41. The van der Waals surface area contributed by atoms with Gasteiger partial charge < -0.3 is 44.7 Å². The van der Waals surface area contributed by atoms with Crippen LogP contribution in [-0.2, 0) is 9.47 Å². The number of hydrogen-bond acceptors (Lipinski definition) is 9. The molecule has 5 aliphatic rings. The third-order valence-electron chi connectivity index (χ3n) is 7.71. The van der Waals surface area contributed by atoms with E-state index in [9.17, 15) is 14.0 Å². The molecule has 4 N–H and O–H groups in total. The number of ether oxygens (including phenoxy) is 3. The Morgan fingerprint density at radius 2 is 1.79 bits per heavy atom. The Kier molecular flexibility index (Phi) is 6.95. The lowest BCUT2D eigenvalue weighted by molar-refractivity contribution is 0.0207. The number of fused-ring (bicyclic) bond motifs is 3. The fraction of sp³-hybridized carbons (Fsp3) is 0.600. The van der Waals surface area contributed by atoms with Gasteiger partial charge in [0.15, 0.2) is 11.6 Å². The van der Waals surface area contributed by atoms with Crippen molar-refractivity contribution in [3.05, 3.63) is 34.1 Å². The molecule has 4 saturated heterocycles. The van der Waals surface area contributed by atoms with Crippen LogP contribution in [0.3, 0.4) is 0 Å². The lowest BCUT2D eigenvalue weighted by Gasteiger charge is -2.25. The first-order valence-electron chi connectivity index (χ1n) is 13.0. The summed E-state index contributed by atoms with van der Waals surface area (Å²) in [5.74, 6) is -2.17. The number of pyridine rings is 1. The van der Waals surface area contributed by atoms with Crippen LogP contribution < -0.4 is 31.0 Å². The quantitative estimate of drug-likeness (QED) is 0.419. The van der Waals surface area contributed by atoms with Crippen molar-refractivity contribution in [2.45, 2.75) is 43.2 Å². The molecule has 0 radical (unpaired) electrons. The molecule has 5 heterocycles. The van der Waals surface area contributed by atoms with Gasteiger partial charge in [0, 0.05) is 51.4 Å². The fourth-order valence-electron chi connectivity index (χ4n) is 5.77. The second-order valence-electron chi connectivity index (χ2n) is 10.2. The summed E-state index contributed by atoms with van der Waals surface area (Å²) < 4.78 is 47.8. The van der Waals surface area contributed by atoms with Crippen LogP contribution in [0.25, 0.3) is 10.9 Å². The Balaban J connectivity index is 0.000000246. The molecule has 13 heteroatoms. The van der Waals surface area contributed by atoms with E-state index >= 15 is 4.39 Å². The van der Waals surface area contributed by atoms with E-state index in [0.29, 0.717) is 38.4 Å². The summed E-state index contributed by atoms with van der Waals surface area (Å²) in [5, 5.41) is 18.6. The van der Waals surface area contributed by atoms with E-state index in [2.05, 4.69) is 20.7 Å². The molecule has 0 bridgehead atoms. The summed E-state index contributed by atoms with van der Waals surface area (Å²) in [4.78, 5) is 25.1. The number of carboxylic acid groups (broad SMARTS) is 1. The third-order valence-corrected chi connectivity index (χ3v) is 7.71. The molecule has 206 valence electrons. The van der Waals surface area contributed by atoms with Crippen molar-refractivity contribution in [2.24, 2.45) is 0 Å². The first-order chi connectivity index (χ1) is 18.4. The van der Waals surface area contributed by atoms with E-state index in [4.69, 9.17) is 14.6 Å². The highest BCUT2D eigenvalue weighted by molar-refractivity contribution is 5.86. The number of nitrogens with one attached hydrogen (secondary N) is 3. The standard InChI is InChI=1S/C19H19F2N3O5.C6H12N2O/c20-11-5-10-16(24(9-1-2-9)8-14(18(10)25)29-19(26)27)15(21)17(11)23-6-12-13(7-23)28-4-3-22-12;1-2-9-6-4-7-3-5(6)8-1/h5,8-9,12-13,22H,1-4,6-7H2,(H,26,27);5-8H,1-4H2/t12-,13+;5-,6+/m11/s1. The number of morpholine rings is 2. The first kappa shape index (κ1) is 25.4. The van der Waals surface area contributed by atoms with Gasteiger partial charge in [-0.05, 0) is 18.9 Å². The summed E-state index contributed by atoms with van der Waals surface area (Å²) in [6, 6.07) is 1.45. The van der Waals surface area contributed by atoms with Gasteiger partial charge in [0.2, 0.25) is 5.43 Å². The van der Waals surface area contributed by atoms with E-state index in [-0.39, 0.29) is 34.8 Å². The van der Waals surface area contributed by atoms with E-state index in [1.807, 2.05) is 0 Å². The SMILES string of the molecule is C1CO[C@H]2CNC[C@H]2N1.O=C(O)Oc1cn(C2CC2)c2c(F)c(N3C[C@@H]4OCCN[C@@H]4C3)c(F)cc2c1=O. The van der Waals surface area contributed by atoms with Crippen LogP contribution in [-0.4, -0.2) is 92.6 Å². The van der Waals surface area contributed by atoms with Gasteiger partial charge in [0.1, 0.15) is 11.5 Å². The number of nitrogens with zero attached hydrogens (tertiary/aromatic N) is 2. The normalized spacial score (nSPS) is 28.4. The summed E-state index contributed by atoms with van der Waals surface area (Å²) in [6.07, 6.45) is 1.34. The minimum absolute atomic E-state index is 0.0183. The molecule has 0 amide bonds. The molecule has 0 spiro atoms. The zero-order valence-corrected chi connectivity index (χ0v) is 20.8. The third kappa shape index (κ3) is 4.84. The maximum Gasteiger partial charge on any atom is 0.511 e. The molecule has 4 aliphatic heterocycles. The van der Waals surface area contributed by atoms with Gasteiger partial charge in [0.25, 0.3) is 0 Å². The van der Waals surface area contributed by atoms with Gasteiger partial charge in [-0.2, -0.15) is 0 Å². The van der Waals surface area contributed by atoms with Crippen LogP contribution in [0.1, 0.15) is 18.9 Å². The zero-order chi connectivity index (χ0) is 26.4. The van der Waals surface area contributed by atoms with Crippen molar-refractivity contribution in [3.8, 4) is 5.75 Å². The maximum absolute atomic E-state index is 15.6.